The van der Waals surface area contributed by atoms with Crippen molar-refractivity contribution in [2.24, 2.45) is 0 Å². The third-order valence-corrected chi connectivity index (χ3v) is 4.21. The molecule has 0 amide bonds. The minimum Gasteiger partial charge on any atom is -0.0985 e. The number of rotatable bonds is 4. The highest BCUT2D eigenvalue weighted by molar-refractivity contribution is 5.74. The van der Waals surface area contributed by atoms with Gasteiger partial charge in [0, 0.05) is 0 Å². The standard InChI is InChI=1S/C23H26/c1-7-20-10-8-9-11-21(20)19(6)15-22(16(2)3)23-14-17(4)12-13-18(23)5/h7,10-15H,1-2,5,8-9H2,3-4,6H3/b19-15+,23-22+. The summed E-state index contributed by atoms with van der Waals surface area (Å²) in [5.74, 6) is 0. The molecule has 0 fully saturated rings. The van der Waals surface area contributed by atoms with Gasteiger partial charge in [-0.15, -0.1) is 0 Å². The molecule has 0 unspecified atom stereocenters. The van der Waals surface area contributed by atoms with Crippen LogP contribution in [0.4, 0.5) is 0 Å². The quantitative estimate of drug-likeness (QED) is 0.741. The van der Waals surface area contributed by atoms with Gasteiger partial charge in [-0.25, -0.2) is 0 Å². The zero-order valence-electron chi connectivity index (χ0n) is 14.6. The van der Waals surface area contributed by atoms with Crippen molar-refractivity contribution >= 4 is 12.2 Å². The molecule has 0 nitrogen and oxygen atoms in total. The first-order valence-corrected chi connectivity index (χ1v) is 8.11. The highest BCUT2D eigenvalue weighted by Crippen LogP contribution is 2.27. The fourth-order valence-electron chi connectivity index (χ4n) is 2.94. The molecule has 0 spiro atoms. The number of allylic oxidation sites excluding steroid dienone is 8. The summed E-state index contributed by atoms with van der Waals surface area (Å²) in [4.78, 5) is 0. The Balaban J connectivity index is 2.65. The van der Waals surface area contributed by atoms with Crippen molar-refractivity contribution < 1.29 is 0 Å². The normalized spacial score (nSPS) is 16.4. The van der Waals surface area contributed by atoms with E-state index in [-0.39, 0.29) is 0 Å². The van der Waals surface area contributed by atoms with Crippen LogP contribution in [0.25, 0.3) is 12.2 Å². The highest BCUT2D eigenvalue weighted by atomic mass is 14.1. The van der Waals surface area contributed by atoms with E-state index in [0.717, 1.165) is 34.4 Å². The molecule has 2 rings (SSSR count). The SMILES string of the molecule is C=CC1=CCCC=C1/C(C)=C/C(C(=C)C)=c1/cc(C)ccc1=C. The first kappa shape index (κ1) is 17.0. The minimum atomic E-state index is 1.04. The summed E-state index contributed by atoms with van der Waals surface area (Å²) in [6.07, 6.45) is 10.9. The number of hydrogen-bond acceptors (Lipinski definition) is 0. The van der Waals surface area contributed by atoms with Crippen LogP contribution in [0.3, 0.4) is 0 Å². The lowest BCUT2D eigenvalue weighted by atomic mass is 9.90. The first-order valence-electron chi connectivity index (χ1n) is 8.11. The molecule has 0 aromatic heterocycles. The fraction of sp³-hybridized carbons (Fsp3) is 0.217. The molecular formula is C23H26. The molecule has 0 heteroatoms. The van der Waals surface area contributed by atoms with Gasteiger partial charge in [0.1, 0.15) is 0 Å². The summed E-state index contributed by atoms with van der Waals surface area (Å²) in [6, 6.07) is 6.36. The van der Waals surface area contributed by atoms with E-state index < -0.39 is 0 Å². The molecule has 0 N–H and O–H groups in total. The maximum Gasteiger partial charge on any atom is -0.0112 e. The van der Waals surface area contributed by atoms with Crippen molar-refractivity contribution in [3.63, 3.8) is 0 Å². The average molecular weight is 302 g/mol. The van der Waals surface area contributed by atoms with Gasteiger partial charge in [-0.3, -0.25) is 0 Å². The molecule has 1 aliphatic carbocycles. The second-order valence-electron chi connectivity index (χ2n) is 6.24. The predicted octanol–water partition coefficient (Wildman–Crippen LogP) is 4.91. The van der Waals surface area contributed by atoms with Gasteiger partial charge in [-0.2, -0.15) is 0 Å². The summed E-state index contributed by atoms with van der Waals surface area (Å²) >= 11 is 0. The molecule has 1 aromatic rings. The van der Waals surface area contributed by atoms with Crippen LogP contribution in [0.5, 0.6) is 0 Å². The number of benzene rings is 1. The minimum absolute atomic E-state index is 1.04. The Morgan fingerprint density at radius 1 is 1.13 bits per heavy atom. The van der Waals surface area contributed by atoms with E-state index in [1.54, 1.807) is 0 Å². The average Bonchev–Trinajstić information content (AvgIpc) is 2.54. The molecule has 0 saturated carbocycles. The van der Waals surface area contributed by atoms with Crippen LogP contribution >= 0.6 is 0 Å². The Morgan fingerprint density at radius 2 is 1.83 bits per heavy atom. The van der Waals surface area contributed by atoms with Gasteiger partial charge in [-0.05, 0) is 66.3 Å². The van der Waals surface area contributed by atoms with Crippen LogP contribution < -0.4 is 10.4 Å². The zero-order chi connectivity index (χ0) is 17.0. The molecule has 0 saturated heterocycles. The Labute approximate surface area is 140 Å². The highest BCUT2D eigenvalue weighted by Gasteiger charge is 2.09. The summed E-state index contributed by atoms with van der Waals surface area (Å²) in [7, 11) is 0. The van der Waals surface area contributed by atoms with Gasteiger partial charge < -0.3 is 0 Å². The number of aryl methyl sites for hydroxylation is 1. The Bertz CT molecular complexity index is 839. The van der Waals surface area contributed by atoms with Crippen molar-refractivity contribution in [2.45, 2.75) is 33.6 Å². The Kier molecular flexibility index (Phi) is 5.39. The lowest BCUT2D eigenvalue weighted by Gasteiger charge is -2.15. The van der Waals surface area contributed by atoms with Crippen LogP contribution in [0.1, 0.15) is 32.3 Å². The van der Waals surface area contributed by atoms with E-state index in [1.165, 1.54) is 22.3 Å². The lowest BCUT2D eigenvalue weighted by Crippen LogP contribution is -2.25. The first-order chi connectivity index (χ1) is 10.9. The third kappa shape index (κ3) is 3.90. The Hall–Kier alpha value is -2.34. The van der Waals surface area contributed by atoms with Gasteiger partial charge in [-0.1, -0.05) is 73.4 Å². The summed E-state index contributed by atoms with van der Waals surface area (Å²) < 4.78 is 0. The van der Waals surface area contributed by atoms with E-state index >= 15 is 0 Å². The van der Waals surface area contributed by atoms with Gasteiger partial charge in [0.05, 0.1) is 0 Å². The molecule has 0 heterocycles. The van der Waals surface area contributed by atoms with E-state index in [9.17, 15) is 0 Å². The van der Waals surface area contributed by atoms with Gasteiger partial charge in [0.25, 0.3) is 0 Å². The summed E-state index contributed by atoms with van der Waals surface area (Å²) in [6.45, 7) is 18.6. The maximum absolute atomic E-state index is 4.18. The van der Waals surface area contributed by atoms with Crippen LogP contribution in [0.15, 0.2) is 78.0 Å². The van der Waals surface area contributed by atoms with Gasteiger partial charge in [0.2, 0.25) is 0 Å². The molecule has 1 aromatic carbocycles. The van der Waals surface area contributed by atoms with Crippen LogP contribution in [0.2, 0.25) is 0 Å². The molecule has 23 heavy (non-hydrogen) atoms. The topological polar surface area (TPSA) is 0 Å². The lowest BCUT2D eigenvalue weighted by molar-refractivity contribution is 1.00. The van der Waals surface area contributed by atoms with E-state index in [0.29, 0.717) is 0 Å². The van der Waals surface area contributed by atoms with Gasteiger partial charge in [0.15, 0.2) is 0 Å². The molecule has 0 aliphatic heterocycles. The van der Waals surface area contributed by atoms with Crippen LogP contribution in [0, 0.1) is 6.92 Å². The van der Waals surface area contributed by atoms with Crippen molar-refractivity contribution in [2.75, 3.05) is 0 Å². The van der Waals surface area contributed by atoms with Crippen molar-refractivity contribution in [1.82, 2.24) is 0 Å². The predicted molar refractivity (Wildman–Crippen MR) is 104 cm³/mol. The maximum atomic E-state index is 4.18. The smallest absolute Gasteiger partial charge is 0.0112 e. The monoisotopic (exact) mass is 302 g/mol. The van der Waals surface area contributed by atoms with Crippen LogP contribution in [-0.2, 0) is 0 Å². The molecule has 0 radical (unpaired) electrons. The third-order valence-electron chi connectivity index (χ3n) is 4.21. The van der Waals surface area contributed by atoms with Crippen molar-refractivity contribution in [1.29, 1.82) is 0 Å². The van der Waals surface area contributed by atoms with Crippen LogP contribution in [-0.4, -0.2) is 0 Å². The van der Waals surface area contributed by atoms with Crippen molar-refractivity contribution in [3.05, 3.63) is 94.0 Å². The van der Waals surface area contributed by atoms with Gasteiger partial charge >= 0.3 is 0 Å². The fourth-order valence-corrected chi connectivity index (χ4v) is 2.94. The molecule has 1 aliphatic rings. The van der Waals surface area contributed by atoms with E-state index in [2.05, 4.69) is 76.9 Å². The molecular weight excluding hydrogens is 276 g/mol. The van der Waals surface area contributed by atoms with Crippen molar-refractivity contribution in [3.8, 4) is 0 Å². The molecule has 118 valence electrons. The summed E-state index contributed by atoms with van der Waals surface area (Å²) in [5.41, 5.74) is 7.20. The molecule has 0 bridgehead atoms. The number of hydrogen-bond donors (Lipinski definition) is 0. The summed E-state index contributed by atoms with van der Waals surface area (Å²) in [5, 5.41) is 2.20. The van der Waals surface area contributed by atoms with E-state index in [4.69, 9.17) is 0 Å². The second kappa shape index (κ2) is 7.28. The Morgan fingerprint density at radius 3 is 2.48 bits per heavy atom. The zero-order valence-corrected chi connectivity index (χ0v) is 14.6. The second-order valence-corrected chi connectivity index (χ2v) is 6.24. The van der Waals surface area contributed by atoms with E-state index in [1.807, 2.05) is 6.08 Å². The molecule has 0 atom stereocenters. The largest absolute Gasteiger partial charge is 0.0985 e.